The zero-order valence-corrected chi connectivity index (χ0v) is 9.61. The van der Waals surface area contributed by atoms with Crippen LogP contribution in [-0.4, -0.2) is 10.9 Å². The molecule has 1 fully saturated rings. The van der Waals surface area contributed by atoms with Crippen LogP contribution in [0, 0.1) is 11.8 Å². The highest BCUT2D eigenvalue weighted by Gasteiger charge is 2.31. The first kappa shape index (κ1) is 10.3. The van der Waals surface area contributed by atoms with Crippen molar-refractivity contribution in [2.24, 2.45) is 11.8 Å². The molecular weight excluding hydrogens is 192 g/mol. The van der Waals surface area contributed by atoms with Crippen molar-refractivity contribution in [2.75, 3.05) is 5.75 Å². The van der Waals surface area contributed by atoms with E-state index in [-0.39, 0.29) is 0 Å². The lowest BCUT2D eigenvalue weighted by atomic mass is 9.81. The van der Waals surface area contributed by atoms with Crippen LogP contribution >= 0.6 is 11.8 Å². The first-order valence-corrected chi connectivity index (χ1v) is 6.67. The highest BCUT2D eigenvalue weighted by molar-refractivity contribution is 8.14. The van der Waals surface area contributed by atoms with E-state index in [4.69, 9.17) is 0 Å². The molecule has 0 amide bonds. The van der Waals surface area contributed by atoms with Crippen molar-refractivity contribution >= 4 is 16.9 Å². The molecule has 2 aliphatic rings. The third kappa shape index (κ3) is 2.05. The van der Waals surface area contributed by atoms with E-state index < -0.39 is 0 Å². The molecule has 0 saturated heterocycles. The summed E-state index contributed by atoms with van der Waals surface area (Å²) < 4.78 is 0. The van der Waals surface area contributed by atoms with Crippen molar-refractivity contribution < 1.29 is 4.79 Å². The smallest absolute Gasteiger partial charge is 0.215 e. The monoisotopic (exact) mass is 210 g/mol. The van der Waals surface area contributed by atoms with Crippen molar-refractivity contribution in [3.05, 3.63) is 11.6 Å². The Morgan fingerprint density at radius 1 is 1.50 bits per heavy atom. The molecule has 0 bridgehead atoms. The standard InChI is InChI=1S/C12H18OS/c1-2-14-12(13)11-7-9-5-3-4-6-10(9)8-11/h7,9-10H,2-6,8H2,1H3. The van der Waals surface area contributed by atoms with Crippen molar-refractivity contribution in [1.82, 2.24) is 0 Å². The summed E-state index contributed by atoms with van der Waals surface area (Å²) in [7, 11) is 0. The lowest BCUT2D eigenvalue weighted by Gasteiger charge is -2.24. The van der Waals surface area contributed by atoms with Gasteiger partial charge in [-0.2, -0.15) is 0 Å². The third-order valence-corrected chi connectivity index (χ3v) is 4.22. The fourth-order valence-electron chi connectivity index (χ4n) is 2.69. The molecule has 2 aliphatic carbocycles. The summed E-state index contributed by atoms with van der Waals surface area (Å²) in [5, 5.41) is 0.335. The molecule has 0 N–H and O–H groups in total. The maximum absolute atomic E-state index is 11.7. The van der Waals surface area contributed by atoms with Crippen molar-refractivity contribution in [2.45, 2.75) is 39.0 Å². The van der Waals surface area contributed by atoms with E-state index in [2.05, 4.69) is 6.08 Å². The largest absolute Gasteiger partial charge is 0.282 e. The predicted molar refractivity (Wildman–Crippen MR) is 61.3 cm³/mol. The Labute approximate surface area is 90.3 Å². The molecule has 2 heteroatoms. The number of carbonyl (C=O) groups is 1. The van der Waals surface area contributed by atoms with Gasteiger partial charge in [-0.25, -0.2) is 0 Å². The predicted octanol–water partition coefficient (Wildman–Crippen LogP) is 3.40. The van der Waals surface area contributed by atoms with Gasteiger partial charge in [-0.3, -0.25) is 4.79 Å². The highest BCUT2D eigenvalue weighted by atomic mass is 32.2. The quantitative estimate of drug-likeness (QED) is 0.695. The van der Waals surface area contributed by atoms with Gasteiger partial charge in [-0.1, -0.05) is 37.6 Å². The van der Waals surface area contributed by atoms with Crippen LogP contribution in [0.25, 0.3) is 0 Å². The summed E-state index contributed by atoms with van der Waals surface area (Å²) >= 11 is 1.47. The summed E-state index contributed by atoms with van der Waals surface area (Å²) in [6.07, 6.45) is 8.73. The molecule has 0 spiro atoms. The Hall–Kier alpha value is -0.240. The first-order chi connectivity index (χ1) is 6.81. The molecule has 0 aromatic rings. The van der Waals surface area contributed by atoms with Gasteiger partial charge in [-0.15, -0.1) is 0 Å². The van der Waals surface area contributed by atoms with Gasteiger partial charge in [0, 0.05) is 5.57 Å². The van der Waals surface area contributed by atoms with E-state index in [1.54, 1.807) is 0 Å². The Morgan fingerprint density at radius 3 is 3.00 bits per heavy atom. The zero-order valence-electron chi connectivity index (χ0n) is 8.79. The number of thioether (sulfide) groups is 1. The molecule has 2 unspecified atom stereocenters. The van der Waals surface area contributed by atoms with Crippen molar-refractivity contribution in [3.8, 4) is 0 Å². The van der Waals surface area contributed by atoms with E-state index >= 15 is 0 Å². The number of allylic oxidation sites excluding steroid dienone is 1. The maximum atomic E-state index is 11.7. The van der Waals surface area contributed by atoms with Gasteiger partial charge >= 0.3 is 0 Å². The SMILES string of the molecule is CCSC(=O)C1=CC2CCCCC2C1. The number of fused-ring (bicyclic) bond motifs is 1. The van der Waals surface area contributed by atoms with E-state index in [0.29, 0.717) is 5.12 Å². The van der Waals surface area contributed by atoms with Crippen LogP contribution in [0.15, 0.2) is 11.6 Å². The number of hydrogen-bond acceptors (Lipinski definition) is 2. The molecule has 2 rings (SSSR count). The summed E-state index contributed by atoms with van der Waals surface area (Å²) in [6, 6.07) is 0. The molecule has 0 aromatic heterocycles. The fourth-order valence-corrected chi connectivity index (χ4v) is 3.29. The molecule has 0 aromatic carbocycles. The third-order valence-electron chi connectivity index (χ3n) is 3.40. The molecule has 1 saturated carbocycles. The van der Waals surface area contributed by atoms with Gasteiger partial charge < -0.3 is 0 Å². The minimum atomic E-state index is 0.335. The molecule has 0 aliphatic heterocycles. The zero-order chi connectivity index (χ0) is 9.97. The average molecular weight is 210 g/mol. The molecule has 2 atom stereocenters. The topological polar surface area (TPSA) is 17.1 Å². The summed E-state index contributed by atoms with van der Waals surface area (Å²) in [5.74, 6) is 2.45. The second-order valence-corrected chi connectivity index (χ2v) is 5.56. The first-order valence-electron chi connectivity index (χ1n) is 5.69. The molecule has 1 nitrogen and oxygen atoms in total. The van der Waals surface area contributed by atoms with Gasteiger partial charge in [-0.05, 0) is 36.9 Å². The van der Waals surface area contributed by atoms with Gasteiger partial charge in [0.25, 0.3) is 0 Å². The molecule has 14 heavy (non-hydrogen) atoms. The normalized spacial score (nSPS) is 31.1. The number of hydrogen-bond donors (Lipinski definition) is 0. The van der Waals surface area contributed by atoms with Crippen molar-refractivity contribution in [1.29, 1.82) is 0 Å². The average Bonchev–Trinajstić information content (AvgIpc) is 2.61. The van der Waals surface area contributed by atoms with Gasteiger partial charge in [0.2, 0.25) is 5.12 Å². The molecular formula is C12H18OS. The van der Waals surface area contributed by atoms with Crippen LogP contribution < -0.4 is 0 Å². The minimum Gasteiger partial charge on any atom is -0.282 e. The highest BCUT2D eigenvalue weighted by Crippen LogP contribution is 2.41. The van der Waals surface area contributed by atoms with Gasteiger partial charge in [0.15, 0.2) is 0 Å². The van der Waals surface area contributed by atoms with Crippen LogP contribution in [0.2, 0.25) is 0 Å². The van der Waals surface area contributed by atoms with Crippen LogP contribution in [0.5, 0.6) is 0 Å². The summed E-state index contributed by atoms with van der Waals surface area (Å²) in [4.78, 5) is 11.7. The maximum Gasteiger partial charge on any atom is 0.215 e. The summed E-state index contributed by atoms with van der Waals surface area (Å²) in [5.41, 5.74) is 1.12. The van der Waals surface area contributed by atoms with E-state index in [9.17, 15) is 4.79 Å². The number of rotatable bonds is 2. The lowest BCUT2D eigenvalue weighted by Crippen LogP contribution is -2.13. The van der Waals surface area contributed by atoms with Crippen LogP contribution in [-0.2, 0) is 4.79 Å². The number of carbonyl (C=O) groups excluding carboxylic acids is 1. The van der Waals surface area contributed by atoms with Crippen LogP contribution in [0.4, 0.5) is 0 Å². The fraction of sp³-hybridized carbons (Fsp3) is 0.750. The lowest BCUT2D eigenvalue weighted by molar-refractivity contribution is -0.108. The minimum absolute atomic E-state index is 0.335. The van der Waals surface area contributed by atoms with E-state index in [1.807, 2.05) is 6.92 Å². The van der Waals surface area contributed by atoms with E-state index in [0.717, 1.165) is 29.6 Å². The molecule has 78 valence electrons. The second-order valence-electron chi connectivity index (χ2n) is 4.32. The van der Waals surface area contributed by atoms with E-state index in [1.165, 1.54) is 37.4 Å². The van der Waals surface area contributed by atoms with Gasteiger partial charge in [0.1, 0.15) is 0 Å². The van der Waals surface area contributed by atoms with Crippen molar-refractivity contribution in [3.63, 3.8) is 0 Å². The Kier molecular flexibility index (Phi) is 3.32. The Bertz CT molecular complexity index is 257. The molecule has 0 radical (unpaired) electrons. The second kappa shape index (κ2) is 4.52. The Balaban J connectivity index is 1.98. The summed E-state index contributed by atoms with van der Waals surface area (Å²) in [6.45, 7) is 2.05. The van der Waals surface area contributed by atoms with Crippen LogP contribution in [0.3, 0.4) is 0 Å². The van der Waals surface area contributed by atoms with Gasteiger partial charge in [0.05, 0.1) is 0 Å². The Morgan fingerprint density at radius 2 is 2.29 bits per heavy atom. The van der Waals surface area contributed by atoms with Crippen LogP contribution in [0.1, 0.15) is 39.0 Å². The molecule has 0 heterocycles.